The third kappa shape index (κ3) is 3.45. The lowest BCUT2D eigenvalue weighted by molar-refractivity contribution is -0.371. The fraction of sp³-hybridized carbons (Fsp3) is 0.600. The Morgan fingerprint density at radius 2 is 1.06 bits per heavy atom. The molecule has 0 heterocycles. The Morgan fingerprint density at radius 1 is 0.750 bits per heavy atom. The van der Waals surface area contributed by atoms with E-state index in [-0.39, 0.29) is 0 Å². The molecule has 0 radical (unpaired) electrons. The first-order valence-electron chi connectivity index (χ1n) is 3.13. The van der Waals surface area contributed by atoms with Gasteiger partial charge in [-0.25, -0.2) is 4.39 Å². The minimum Gasteiger partial charge on any atom is -0.213 e. The molecule has 0 aliphatic heterocycles. The summed E-state index contributed by atoms with van der Waals surface area (Å²) in [6.07, 6.45) is -20.8. The molecule has 96 valence electrons. The molecular weight excluding hydrogens is 264 g/mol. The highest BCUT2D eigenvalue weighted by atomic mass is 19.4. The molecule has 0 bridgehead atoms. The molecule has 0 aromatic carbocycles. The van der Waals surface area contributed by atoms with Gasteiger partial charge in [0.2, 0.25) is 0 Å². The van der Waals surface area contributed by atoms with Gasteiger partial charge in [-0.15, -0.1) is 26.3 Å². The second kappa shape index (κ2) is 4.01. The van der Waals surface area contributed by atoms with Crippen molar-refractivity contribution in [2.75, 3.05) is 0 Å². The number of hydrogen-bond acceptors (Lipinski definition) is 1. The van der Waals surface area contributed by atoms with Crippen molar-refractivity contribution in [1.29, 1.82) is 0 Å². The van der Waals surface area contributed by atoms with E-state index in [9.17, 15) is 43.9 Å². The molecule has 11 heteroatoms. The third-order valence-electron chi connectivity index (χ3n) is 1.14. The SMILES string of the molecule is F/C=C(/N(C(F)(F)F)C(F)(F)F)C(F)(F)F. The van der Waals surface area contributed by atoms with Crippen LogP contribution in [0.5, 0.6) is 0 Å². The largest absolute Gasteiger partial charge is 0.491 e. The second-order valence-corrected chi connectivity index (χ2v) is 2.26. The third-order valence-corrected chi connectivity index (χ3v) is 1.14. The van der Waals surface area contributed by atoms with Crippen LogP contribution in [0.4, 0.5) is 43.9 Å². The average Bonchev–Trinajstić information content (AvgIpc) is 1.91. The van der Waals surface area contributed by atoms with Gasteiger partial charge < -0.3 is 0 Å². The van der Waals surface area contributed by atoms with Crippen molar-refractivity contribution in [3.63, 3.8) is 0 Å². The molecule has 0 unspecified atom stereocenters. The molecule has 0 saturated heterocycles. The van der Waals surface area contributed by atoms with Gasteiger partial charge in [0.15, 0.2) is 5.70 Å². The Morgan fingerprint density at radius 3 is 1.12 bits per heavy atom. The summed E-state index contributed by atoms with van der Waals surface area (Å²) in [5.41, 5.74) is -3.49. The topological polar surface area (TPSA) is 3.24 Å². The molecule has 0 rings (SSSR count). The highest BCUT2D eigenvalue weighted by molar-refractivity contribution is 5.06. The number of hydrogen-bond donors (Lipinski definition) is 0. The predicted molar refractivity (Wildman–Crippen MR) is 29.2 cm³/mol. The van der Waals surface area contributed by atoms with Crippen molar-refractivity contribution in [2.45, 2.75) is 18.8 Å². The van der Waals surface area contributed by atoms with Crippen LogP contribution in [0, 0.1) is 0 Å². The molecule has 0 N–H and O–H groups in total. The Bertz CT molecular complexity index is 252. The summed E-state index contributed by atoms with van der Waals surface area (Å²) in [6.45, 7) is 0. The fourth-order valence-corrected chi connectivity index (χ4v) is 0.654. The van der Waals surface area contributed by atoms with E-state index in [1.165, 1.54) is 0 Å². The summed E-state index contributed by atoms with van der Waals surface area (Å²) in [6, 6.07) is 0. The van der Waals surface area contributed by atoms with Gasteiger partial charge in [0.05, 0.1) is 0 Å². The molecule has 0 fully saturated rings. The van der Waals surface area contributed by atoms with Crippen molar-refractivity contribution in [3.8, 4) is 0 Å². The van der Waals surface area contributed by atoms with Crippen LogP contribution < -0.4 is 0 Å². The standard InChI is InChI=1S/C5HF10N/c6-1-2(3(7,8)9)16(4(10,11)12)5(13,14)15/h1H/b2-1+. The minimum atomic E-state index is -6.44. The summed E-state index contributed by atoms with van der Waals surface area (Å²) in [4.78, 5) is -2.96. The molecule has 0 aromatic rings. The Labute approximate surface area is 80.9 Å². The van der Waals surface area contributed by atoms with Gasteiger partial charge in [0.25, 0.3) is 0 Å². The van der Waals surface area contributed by atoms with E-state index >= 15 is 0 Å². The zero-order chi connectivity index (χ0) is 13.4. The fourth-order valence-electron chi connectivity index (χ4n) is 0.654. The quantitative estimate of drug-likeness (QED) is 0.516. The summed E-state index contributed by atoms with van der Waals surface area (Å²) < 4.78 is 117. The van der Waals surface area contributed by atoms with E-state index in [0.717, 1.165) is 0 Å². The summed E-state index contributed by atoms with van der Waals surface area (Å²) in [5, 5.41) is 0. The molecule has 0 amide bonds. The number of nitrogens with zero attached hydrogens (tertiary/aromatic N) is 1. The van der Waals surface area contributed by atoms with E-state index in [1.807, 2.05) is 0 Å². The van der Waals surface area contributed by atoms with Gasteiger partial charge in [-0.05, 0) is 0 Å². The molecule has 0 aromatic heterocycles. The van der Waals surface area contributed by atoms with Crippen LogP contribution in [0.25, 0.3) is 0 Å². The van der Waals surface area contributed by atoms with E-state index in [4.69, 9.17) is 0 Å². The lowest BCUT2D eigenvalue weighted by atomic mass is 10.4. The van der Waals surface area contributed by atoms with Crippen LogP contribution in [-0.4, -0.2) is 23.7 Å². The molecule has 0 spiro atoms. The van der Waals surface area contributed by atoms with Crippen molar-refractivity contribution in [3.05, 3.63) is 12.0 Å². The normalized spacial score (nSPS) is 15.2. The second-order valence-electron chi connectivity index (χ2n) is 2.26. The maximum atomic E-state index is 11.7. The van der Waals surface area contributed by atoms with E-state index in [0.29, 0.717) is 0 Å². The minimum absolute atomic E-state index is 1.80. The molecule has 0 atom stereocenters. The number of halogens is 10. The lowest BCUT2D eigenvalue weighted by Gasteiger charge is -2.30. The van der Waals surface area contributed by atoms with Gasteiger partial charge in [0, 0.05) is 0 Å². The summed E-state index contributed by atoms with van der Waals surface area (Å²) in [5.74, 6) is 0. The maximum Gasteiger partial charge on any atom is 0.491 e. The lowest BCUT2D eigenvalue weighted by Crippen LogP contribution is -2.50. The molecule has 0 saturated carbocycles. The van der Waals surface area contributed by atoms with Crippen LogP contribution in [0.2, 0.25) is 0 Å². The number of rotatable bonds is 1. The number of allylic oxidation sites excluding steroid dienone is 1. The van der Waals surface area contributed by atoms with Crippen LogP contribution in [0.15, 0.2) is 12.0 Å². The molecule has 0 aliphatic rings. The monoisotopic (exact) mass is 265 g/mol. The van der Waals surface area contributed by atoms with E-state index in [1.54, 1.807) is 0 Å². The van der Waals surface area contributed by atoms with Crippen molar-refractivity contribution >= 4 is 0 Å². The van der Waals surface area contributed by atoms with Gasteiger partial charge in [-0.1, -0.05) is 0 Å². The van der Waals surface area contributed by atoms with Gasteiger partial charge >= 0.3 is 18.8 Å². The van der Waals surface area contributed by atoms with Gasteiger partial charge in [-0.2, -0.15) is 18.1 Å². The van der Waals surface area contributed by atoms with E-state index < -0.39 is 35.7 Å². The van der Waals surface area contributed by atoms with Crippen LogP contribution in [-0.2, 0) is 0 Å². The molecule has 16 heavy (non-hydrogen) atoms. The predicted octanol–water partition coefficient (Wildman–Crippen LogP) is 3.70. The zero-order valence-corrected chi connectivity index (χ0v) is 6.80. The van der Waals surface area contributed by atoms with Crippen molar-refractivity contribution in [1.82, 2.24) is 4.90 Å². The Kier molecular flexibility index (Phi) is 3.72. The zero-order valence-electron chi connectivity index (χ0n) is 6.80. The maximum absolute atomic E-state index is 11.7. The Hall–Kier alpha value is -1.16. The Balaban J connectivity index is 5.55. The van der Waals surface area contributed by atoms with Crippen LogP contribution in [0.3, 0.4) is 0 Å². The average molecular weight is 265 g/mol. The van der Waals surface area contributed by atoms with Crippen molar-refractivity contribution < 1.29 is 43.9 Å². The molecule has 1 nitrogen and oxygen atoms in total. The van der Waals surface area contributed by atoms with E-state index in [2.05, 4.69) is 0 Å². The van der Waals surface area contributed by atoms with Gasteiger partial charge in [-0.3, -0.25) is 0 Å². The molecule has 0 aliphatic carbocycles. The summed E-state index contributed by atoms with van der Waals surface area (Å²) >= 11 is 0. The first kappa shape index (κ1) is 14.8. The smallest absolute Gasteiger partial charge is 0.213 e. The highest BCUT2D eigenvalue weighted by Crippen LogP contribution is 2.42. The highest BCUT2D eigenvalue weighted by Gasteiger charge is 2.60. The van der Waals surface area contributed by atoms with Gasteiger partial charge in [0.1, 0.15) is 6.33 Å². The first-order valence-corrected chi connectivity index (χ1v) is 3.13. The molecular formula is C5HF10N. The first-order chi connectivity index (χ1) is 6.81. The van der Waals surface area contributed by atoms with Crippen molar-refractivity contribution in [2.24, 2.45) is 0 Å². The van der Waals surface area contributed by atoms with Crippen LogP contribution in [0.1, 0.15) is 0 Å². The van der Waals surface area contributed by atoms with Crippen LogP contribution >= 0.6 is 0 Å². The summed E-state index contributed by atoms with van der Waals surface area (Å²) in [7, 11) is 0. The number of alkyl halides is 9.